The Bertz CT molecular complexity index is 2680. The highest BCUT2D eigenvalue weighted by Gasteiger charge is 2.38. The molecule has 22 nitrogen and oxygen atoms in total. The molecule has 0 radical (unpaired) electrons. The Hall–Kier alpha value is -6.35. The molecule has 4 N–H and O–H groups in total. The summed E-state index contributed by atoms with van der Waals surface area (Å²) in [7, 11) is 1.56. The van der Waals surface area contributed by atoms with Gasteiger partial charge in [-0.1, -0.05) is 63.9 Å². The predicted molar refractivity (Wildman–Crippen MR) is 320 cm³/mol. The van der Waals surface area contributed by atoms with Crippen LogP contribution in [0.4, 0.5) is 11.5 Å². The average Bonchev–Trinajstić information content (AvgIpc) is 3.40. The molecule has 0 saturated carbocycles. The van der Waals surface area contributed by atoms with Crippen LogP contribution in [0.1, 0.15) is 96.7 Å². The first-order valence-corrected chi connectivity index (χ1v) is 30.0. The van der Waals surface area contributed by atoms with Crippen molar-refractivity contribution in [2.45, 2.75) is 123 Å². The molecule has 4 fully saturated rings. The number of carbonyl (C=O) groups excluding carboxylic acids is 3. The smallest absolute Gasteiger partial charge is 0.320 e. The van der Waals surface area contributed by atoms with Crippen LogP contribution in [0.2, 0.25) is 5.02 Å². The molecule has 2 bridgehead atoms. The molecule has 0 aliphatic carbocycles. The van der Waals surface area contributed by atoms with Crippen LogP contribution in [0.5, 0.6) is 11.8 Å². The number of benzene rings is 2. The first-order valence-electron chi connectivity index (χ1n) is 29.6. The zero-order valence-corrected chi connectivity index (χ0v) is 50.2. The fourth-order valence-corrected chi connectivity index (χ4v) is 12.4. The number of likely N-dealkylation sites (tertiary alicyclic amines) is 1. The van der Waals surface area contributed by atoms with Gasteiger partial charge in [-0.2, -0.15) is 15.2 Å². The van der Waals surface area contributed by atoms with Crippen molar-refractivity contribution in [3.63, 3.8) is 0 Å². The first kappa shape index (κ1) is 65.8. The summed E-state index contributed by atoms with van der Waals surface area (Å²) in [6, 6.07) is 10.5. The molecule has 2 amide bonds. The zero-order chi connectivity index (χ0) is 60.0. The molecule has 5 aliphatic heterocycles. The number of carboxylic acids is 2. The highest BCUT2D eigenvalue weighted by Crippen LogP contribution is 2.39. The zero-order valence-electron chi connectivity index (χ0n) is 49.5. The predicted octanol–water partition coefficient (Wildman–Crippen LogP) is 5.34. The number of unbranched alkanes of at least 4 members (excludes halogenated alkanes) is 3. The van der Waals surface area contributed by atoms with Crippen LogP contribution in [-0.2, 0) is 41.7 Å². The van der Waals surface area contributed by atoms with Crippen LogP contribution in [0.3, 0.4) is 0 Å². The van der Waals surface area contributed by atoms with Crippen LogP contribution in [0.25, 0.3) is 10.8 Å². The van der Waals surface area contributed by atoms with E-state index in [1.54, 1.807) is 30.2 Å². The largest absolute Gasteiger partial charge is 0.508 e. The van der Waals surface area contributed by atoms with Crippen LogP contribution in [-0.4, -0.2) is 234 Å². The van der Waals surface area contributed by atoms with Gasteiger partial charge in [0.1, 0.15) is 18.2 Å². The quantitative estimate of drug-likeness (QED) is 0.0633. The van der Waals surface area contributed by atoms with Gasteiger partial charge in [0.15, 0.2) is 0 Å². The molecule has 5 atom stereocenters. The molecule has 5 unspecified atom stereocenters. The van der Waals surface area contributed by atoms with E-state index in [1.165, 1.54) is 45.4 Å². The number of phenolic OH excluding ortho intramolecular Hbond substituents is 1. The van der Waals surface area contributed by atoms with Crippen molar-refractivity contribution < 1.29 is 48.8 Å². The number of fused-ring (bicyclic) bond motifs is 4. The van der Waals surface area contributed by atoms with E-state index in [0.717, 1.165) is 72.3 Å². The number of halogens is 1. The number of methoxy groups -OCH3 is 1. The van der Waals surface area contributed by atoms with Gasteiger partial charge in [0.05, 0.1) is 68.3 Å². The minimum Gasteiger partial charge on any atom is -0.508 e. The Morgan fingerprint density at radius 1 is 0.831 bits per heavy atom. The van der Waals surface area contributed by atoms with Crippen molar-refractivity contribution in [1.29, 1.82) is 5.26 Å². The number of nitrogens with one attached hydrogen (secondary N) is 1. The van der Waals surface area contributed by atoms with Crippen molar-refractivity contribution in [3.8, 4) is 17.8 Å². The molecule has 1 aromatic heterocycles. The number of rotatable bonds is 20. The number of ether oxygens (including phenoxy) is 2. The van der Waals surface area contributed by atoms with E-state index in [9.17, 15) is 39.3 Å². The Balaban J connectivity index is 0.000000264. The Morgan fingerprint density at radius 3 is 2.10 bits per heavy atom. The number of aromatic nitrogens is 2. The molecule has 4 saturated heterocycles. The van der Waals surface area contributed by atoms with Gasteiger partial charge in [-0.05, 0) is 94.6 Å². The molecule has 3 aromatic rings. The van der Waals surface area contributed by atoms with Crippen LogP contribution in [0.15, 0.2) is 43.0 Å². The standard InChI is InChI=1S/C33H60N6O7.C25H26ClN5O3.C2H3N/c1-4-26-17-36(21-30(40)34-13-9-7-8-10-14-35-15-11-12-16-35)29-20-39(24-33(45)46-25-29)28(6-3)19-38(23-32(43)44)27(5-2)18-37(26)22-31(41)42;1-3-22(33)29-9-11-30(12-10-29)24-18-7-8-31(15-20(18)27-25(28-24)34-2)21-14-17(32)13-16-5-4-6-19(26)23(16)21;1-2-3/h26-29H,4-25H2,1-3H3,(H,34,40)(H,41,42)(H,43,44);3-6,13-14,32H,1,7-12,15H2,2H3;1H3. The summed E-state index contributed by atoms with van der Waals surface area (Å²) in [5.41, 5.74) is 2.86. The van der Waals surface area contributed by atoms with Crippen molar-refractivity contribution in [3.05, 3.63) is 59.3 Å². The summed E-state index contributed by atoms with van der Waals surface area (Å²) in [6.07, 6.45) is 11.0. The van der Waals surface area contributed by atoms with E-state index in [4.69, 9.17) is 26.3 Å². The molecule has 5 aliphatic rings. The van der Waals surface area contributed by atoms with Gasteiger partial charge in [0.25, 0.3) is 0 Å². The van der Waals surface area contributed by atoms with Gasteiger partial charge in [-0.25, -0.2) is 0 Å². The van der Waals surface area contributed by atoms with E-state index >= 15 is 0 Å². The SMILES string of the molecule is C=CC(=O)N1CCN(c2nc(OC)nc3c2CCN(c2cc(O)cc4cccc(Cl)c24)C3)CC1.CC#N.CCC1CN(CC(=O)O)C(CC)CN(CC(=O)NCCCCCCN2CCCC2)C2COC(=O)CN(C2)C(CC)CN1CC(=O)O. The summed E-state index contributed by atoms with van der Waals surface area (Å²) in [5.74, 6) is -1.29. The highest BCUT2D eigenvalue weighted by molar-refractivity contribution is 6.36. The second kappa shape index (κ2) is 33.2. The first-order chi connectivity index (χ1) is 40.0. The number of cyclic esters (lactones) is 1. The summed E-state index contributed by atoms with van der Waals surface area (Å²) in [6.45, 7) is 20.9. The number of carboxylic acid groups (broad SMARTS) is 2. The van der Waals surface area contributed by atoms with Gasteiger partial charge in [0.2, 0.25) is 11.8 Å². The minimum absolute atomic E-state index is 0.0467. The Labute approximate surface area is 494 Å². The minimum atomic E-state index is -0.948. The van der Waals surface area contributed by atoms with Gasteiger partial charge in [-0.3, -0.25) is 43.6 Å². The second-order valence-corrected chi connectivity index (χ2v) is 22.4. The lowest BCUT2D eigenvalue weighted by molar-refractivity contribution is -0.144. The van der Waals surface area contributed by atoms with Gasteiger partial charge in [0, 0.05) is 108 Å². The molecule has 8 rings (SSSR count). The topological polar surface area (TPSA) is 252 Å². The van der Waals surface area contributed by atoms with E-state index in [2.05, 4.69) is 46.4 Å². The number of aromatic hydroxyl groups is 1. The molecular weight excluding hydrogens is 1080 g/mol. The van der Waals surface area contributed by atoms with Gasteiger partial charge in [-0.15, -0.1) is 0 Å². The van der Waals surface area contributed by atoms with Crippen molar-refractivity contribution >= 4 is 63.6 Å². The molecule has 0 spiro atoms. The number of hydrogen-bond acceptors (Lipinski definition) is 18. The van der Waals surface area contributed by atoms with Crippen LogP contribution < -0.4 is 19.9 Å². The van der Waals surface area contributed by atoms with Crippen LogP contribution in [0, 0.1) is 11.3 Å². The fourth-order valence-electron chi connectivity index (χ4n) is 12.1. The van der Waals surface area contributed by atoms with E-state index in [-0.39, 0.29) is 80.5 Å². The molecule has 83 heavy (non-hydrogen) atoms. The lowest BCUT2D eigenvalue weighted by Gasteiger charge is -2.44. The third-order valence-electron chi connectivity index (χ3n) is 16.5. The third kappa shape index (κ3) is 19.1. The number of amides is 2. The van der Waals surface area contributed by atoms with Crippen molar-refractivity contribution in [2.24, 2.45) is 0 Å². The monoisotopic (exact) mass is 1170 g/mol. The summed E-state index contributed by atoms with van der Waals surface area (Å²) in [4.78, 5) is 88.2. The fraction of sp³-hybridized carbons (Fsp3) is 0.633. The highest BCUT2D eigenvalue weighted by atomic mass is 35.5. The molecular formula is C60H89ClN12O10. The number of carbonyl (C=O) groups is 5. The maximum atomic E-state index is 13.3. The van der Waals surface area contributed by atoms with E-state index < -0.39 is 11.9 Å². The van der Waals surface area contributed by atoms with Crippen molar-refractivity contribution in [2.75, 3.05) is 135 Å². The van der Waals surface area contributed by atoms with Gasteiger partial charge < -0.3 is 49.7 Å². The van der Waals surface area contributed by atoms with E-state index in [0.29, 0.717) is 95.7 Å². The molecule has 23 heteroatoms. The summed E-state index contributed by atoms with van der Waals surface area (Å²) < 4.78 is 11.1. The van der Waals surface area contributed by atoms with E-state index in [1.807, 2.05) is 48.8 Å². The maximum Gasteiger partial charge on any atom is 0.320 e. The number of aliphatic carboxylic acids is 2. The lowest BCUT2D eigenvalue weighted by atomic mass is 10.0. The number of nitrogens with zero attached hydrogens (tertiary/aromatic N) is 11. The number of nitriles is 1. The molecule has 2 aromatic carbocycles. The second-order valence-electron chi connectivity index (χ2n) is 22.0. The number of phenols is 1. The number of hydrogen-bond donors (Lipinski definition) is 4. The van der Waals surface area contributed by atoms with Crippen molar-refractivity contribution in [1.82, 2.24) is 44.7 Å². The Kier molecular flexibility index (Phi) is 26.3. The van der Waals surface area contributed by atoms with Crippen LogP contribution >= 0.6 is 11.6 Å². The number of anilines is 2. The normalized spacial score (nSPS) is 22.0. The summed E-state index contributed by atoms with van der Waals surface area (Å²) in [5, 5.41) is 42.9. The molecule has 456 valence electrons. The van der Waals surface area contributed by atoms with Gasteiger partial charge >= 0.3 is 23.9 Å². The lowest BCUT2D eigenvalue weighted by Crippen LogP contribution is -2.59. The summed E-state index contributed by atoms with van der Waals surface area (Å²) >= 11 is 6.56. The maximum absolute atomic E-state index is 13.3. The number of esters is 1. The average molecular weight is 1170 g/mol. The Morgan fingerprint density at radius 2 is 1.47 bits per heavy atom. The molecule has 6 heterocycles. The third-order valence-corrected chi connectivity index (χ3v) is 16.8. The number of piperazine rings is 1.